The van der Waals surface area contributed by atoms with Crippen LogP contribution >= 0.6 is 63.7 Å². The topological polar surface area (TPSA) is 18.5 Å². The lowest BCUT2D eigenvalue weighted by molar-refractivity contribution is 0.374. The molecule has 0 bridgehead atoms. The number of ether oxygens (including phenoxy) is 2. The van der Waals surface area contributed by atoms with E-state index in [9.17, 15) is 0 Å². The van der Waals surface area contributed by atoms with Crippen LogP contribution in [0.25, 0.3) is 0 Å². The van der Waals surface area contributed by atoms with E-state index in [2.05, 4.69) is 63.7 Å². The third kappa shape index (κ3) is 3.40. The van der Waals surface area contributed by atoms with Crippen LogP contribution in [0.1, 0.15) is 5.56 Å². The molecule has 0 saturated heterocycles. The maximum absolute atomic E-state index is 6.01. The normalized spacial score (nSPS) is 10.5. The molecule has 0 unspecified atom stereocenters. The van der Waals surface area contributed by atoms with Gasteiger partial charge in [-0.05, 0) is 84.5 Å². The van der Waals surface area contributed by atoms with Gasteiger partial charge in [0.25, 0.3) is 0 Å². The van der Waals surface area contributed by atoms with Crippen molar-refractivity contribution >= 4 is 63.7 Å². The highest BCUT2D eigenvalue weighted by molar-refractivity contribution is 9.13. The molecule has 2 rings (SSSR count). The summed E-state index contributed by atoms with van der Waals surface area (Å²) in [4.78, 5) is 0. The number of halogens is 4. The number of rotatable bonds is 3. The first-order valence-corrected chi connectivity index (χ1v) is 8.76. The largest absolute Gasteiger partial charge is 0.493 e. The minimum absolute atomic E-state index is 0.641. The maximum Gasteiger partial charge on any atom is 0.184 e. The molecule has 2 aromatic carbocycles. The van der Waals surface area contributed by atoms with Gasteiger partial charge in [-0.2, -0.15) is 0 Å². The van der Waals surface area contributed by atoms with E-state index >= 15 is 0 Å². The van der Waals surface area contributed by atoms with E-state index < -0.39 is 0 Å². The molecule has 0 aliphatic carbocycles. The second-order valence-electron chi connectivity index (χ2n) is 4.03. The Balaban J connectivity index is 2.52. The molecule has 0 spiro atoms. The average molecular weight is 530 g/mol. The van der Waals surface area contributed by atoms with Crippen LogP contribution in [-0.4, -0.2) is 7.11 Å². The van der Waals surface area contributed by atoms with Gasteiger partial charge in [-0.1, -0.05) is 15.9 Å². The molecule has 106 valence electrons. The van der Waals surface area contributed by atoms with Crippen molar-refractivity contribution in [3.63, 3.8) is 0 Å². The van der Waals surface area contributed by atoms with Gasteiger partial charge in [-0.25, -0.2) is 0 Å². The van der Waals surface area contributed by atoms with Crippen molar-refractivity contribution in [2.24, 2.45) is 0 Å². The fourth-order valence-corrected chi connectivity index (χ4v) is 3.75. The molecule has 0 atom stereocenters. The van der Waals surface area contributed by atoms with Gasteiger partial charge in [0, 0.05) is 8.95 Å². The zero-order chi connectivity index (χ0) is 14.9. The smallest absolute Gasteiger partial charge is 0.184 e. The van der Waals surface area contributed by atoms with E-state index in [1.54, 1.807) is 7.11 Å². The maximum atomic E-state index is 6.01. The average Bonchev–Trinajstić information content (AvgIpc) is 2.38. The highest BCUT2D eigenvalue weighted by Gasteiger charge is 2.17. The third-order valence-corrected chi connectivity index (χ3v) is 5.68. The summed E-state index contributed by atoms with van der Waals surface area (Å²) in [5, 5.41) is 0. The van der Waals surface area contributed by atoms with Crippen LogP contribution in [-0.2, 0) is 0 Å². The zero-order valence-electron chi connectivity index (χ0n) is 10.6. The first-order valence-electron chi connectivity index (χ1n) is 5.59. The van der Waals surface area contributed by atoms with Gasteiger partial charge in [0.05, 0.1) is 16.1 Å². The molecule has 0 amide bonds. The SMILES string of the molecule is COc1c(C)cc(Br)c(Br)c1Oc1ccc(Br)cc1Br. The summed E-state index contributed by atoms with van der Waals surface area (Å²) < 4.78 is 15.0. The Labute approximate surface area is 151 Å². The molecule has 0 fully saturated rings. The summed E-state index contributed by atoms with van der Waals surface area (Å²) in [6, 6.07) is 7.72. The summed E-state index contributed by atoms with van der Waals surface area (Å²) in [6.45, 7) is 1.97. The Hall–Kier alpha value is -0.0400. The van der Waals surface area contributed by atoms with E-state index in [4.69, 9.17) is 9.47 Å². The van der Waals surface area contributed by atoms with Gasteiger partial charge < -0.3 is 9.47 Å². The van der Waals surface area contributed by atoms with Crippen molar-refractivity contribution in [1.82, 2.24) is 0 Å². The number of hydrogen-bond acceptors (Lipinski definition) is 2. The molecule has 0 aromatic heterocycles. The van der Waals surface area contributed by atoms with Gasteiger partial charge in [0.2, 0.25) is 0 Å². The van der Waals surface area contributed by atoms with Crippen molar-refractivity contribution in [3.8, 4) is 17.2 Å². The first kappa shape index (κ1) is 16.3. The van der Waals surface area contributed by atoms with Crippen LogP contribution < -0.4 is 9.47 Å². The molecule has 2 aromatic rings. The molecule has 0 N–H and O–H groups in total. The van der Waals surface area contributed by atoms with E-state index in [1.165, 1.54) is 0 Å². The van der Waals surface area contributed by atoms with E-state index in [0.29, 0.717) is 17.2 Å². The molecule has 0 radical (unpaired) electrons. The Morgan fingerprint density at radius 2 is 1.60 bits per heavy atom. The lowest BCUT2D eigenvalue weighted by atomic mass is 10.2. The van der Waals surface area contributed by atoms with Gasteiger partial charge in [-0.15, -0.1) is 0 Å². The Kier molecular flexibility index (Phi) is 5.56. The summed E-state index contributed by atoms with van der Waals surface area (Å²) in [7, 11) is 1.63. The van der Waals surface area contributed by atoms with Crippen LogP contribution in [0.2, 0.25) is 0 Å². The lowest BCUT2D eigenvalue weighted by Gasteiger charge is -2.16. The summed E-state index contributed by atoms with van der Waals surface area (Å²) in [6.07, 6.45) is 0. The first-order chi connectivity index (χ1) is 9.43. The zero-order valence-corrected chi connectivity index (χ0v) is 17.0. The molecule has 20 heavy (non-hydrogen) atoms. The van der Waals surface area contributed by atoms with Crippen LogP contribution in [0, 0.1) is 6.92 Å². The number of aryl methyl sites for hydroxylation is 1. The second-order valence-corrected chi connectivity index (χ2v) is 7.45. The molecular formula is C14H10Br4O2. The van der Waals surface area contributed by atoms with Crippen molar-refractivity contribution < 1.29 is 9.47 Å². The van der Waals surface area contributed by atoms with Crippen LogP contribution in [0.15, 0.2) is 42.2 Å². The fourth-order valence-electron chi connectivity index (χ4n) is 1.72. The molecule has 0 saturated carbocycles. The van der Waals surface area contributed by atoms with Crippen molar-refractivity contribution in [2.75, 3.05) is 7.11 Å². The van der Waals surface area contributed by atoms with E-state index in [-0.39, 0.29) is 0 Å². The second kappa shape index (κ2) is 6.81. The molecule has 6 heteroatoms. The van der Waals surface area contributed by atoms with E-state index in [0.717, 1.165) is 23.5 Å². The lowest BCUT2D eigenvalue weighted by Crippen LogP contribution is -1.95. The summed E-state index contributed by atoms with van der Waals surface area (Å²) in [5.74, 6) is 2.06. The Morgan fingerprint density at radius 3 is 2.20 bits per heavy atom. The van der Waals surface area contributed by atoms with Crippen LogP contribution in [0.5, 0.6) is 17.2 Å². The highest BCUT2D eigenvalue weighted by atomic mass is 79.9. The number of benzene rings is 2. The van der Waals surface area contributed by atoms with Crippen molar-refractivity contribution in [1.29, 1.82) is 0 Å². The summed E-state index contributed by atoms with van der Waals surface area (Å²) in [5.41, 5.74) is 0.991. The third-order valence-electron chi connectivity index (χ3n) is 2.63. The molecule has 2 nitrogen and oxygen atoms in total. The quantitative estimate of drug-likeness (QED) is 0.433. The fraction of sp³-hybridized carbons (Fsp3) is 0.143. The monoisotopic (exact) mass is 526 g/mol. The Morgan fingerprint density at radius 1 is 0.900 bits per heavy atom. The molecule has 0 heterocycles. The number of hydrogen-bond donors (Lipinski definition) is 0. The molecular weight excluding hydrogens is 520 g/mol. The van der Waals surface area contributed by atoms with Gasteiger partial charge in [-0.3, -0.25) is 0 Å². The van der Waals surface area contributed by atoms with Crippen LogP contribution in [0.3, 0.4) is 0 Å². The van der Waals surface area contributed by atoms with Gasteiger partial charge in [0.15, 0.2) is 11.5 Å². The van der Waals surface area contributed by atoms with Gasteiger partial charge in [0.1, 0.15) is 5.75 Å². The van der Waals surface area contributed by atoms with Crippen molar-refractivity contribution in [2.45, 2.75) is 6.92 Å². The van der Waals surface area contributed by atoms with E-state index in [1.807, 2.05) is 31.2 Å². The molecule has 0 aliphatic rings. The standard InChI is InChI=1S/C14H10Br4O2/c1-7-5-10(17)12(18)14(13(7)19-2)20-11-4-3-8(15)6-9(11)16/h3-6H,1-2H3. The van der Waals surface area contributed by atoms with Crippen molar-refractivity contribution in [3.05, 3.63) is 47.7 Å². The van der Waals surface area contributed by atoms with Gasteiger partial charge >= 0.3 is 0 Å². The highest BCUT2D eigenvalue weighted by Crippen LogP contribution is 2.46. The van der Waals surface area contributed by atoms with Crippen LogP contribution in [0.4, 0.5) is 0 Å². The summed E-state index contributed by atoms with van der Waals surface area (Å²) >= 11 is 13.9. The predicted molar refractivity (Wildman–Crippen MR) is 95.0 cm³/mol. The number of methoxy groups -OCH3 is 1. The minimum atomic E-state index is 0.641. The molecule has 0 aliphatic heterocycles. The Bertz CT molecular complexity index is 656. The minimum Gasteiger partial charge on any atom is -0.493 e. The predicted octanol–water partition coefficient (Wildman–Crippen LogP) is 6.85.